The molecule has 0 aliphatic heterocycles. The summed E-state index contributed by atoms with van der Waals surface area (Å²) in [5.74, 6) is -0.00951. The van der Waals surface area contributed by atoms with E-state index in [1.54, 1.807) is 0 Å². The molecule has 2 atom stereocenters. The van der Waals surface area contributed by atoms with Crippen LogP contribution in [0.5, 0.6) is 0 Å². The van der Waals surface area contributed by atoms with Gasteiger partial charge in [0.05, 0.1) is 25.4 Å². The number of hydrogen-bond acceptors (Lipinski definition) is 5. The van der Waals surface area contributed by atoms with Crippen molar-refractivity contribution in [1.29, 1.82) is 0 Å². The van der Waals surface area contributed by atoms with Gasteiger partial charge < -0.3 is 20.3 Å². The van der Waals surface area contributed by atoms with Crippen molar-refractivity contribution in [2.45, 2.75) is 475 Å². The zero-order chi connectivity index (χ0) is 63.5. The van der Waals surface area contributed by atoms with Gasteiger partial charge in [-0.05, 0) is 57.8 Å². The SMILES string of the molecule is CCCCCC/C=C\C/C=C\CCCCCCCCCC(=O)OCCCCCCCCCCCCCCCCCCCCCCCCCCCCCCCCCCCC(=O)NC(CO)C(O)CCCCCCCCCCCCCCCCCCCCCC. The predicted octanol–water partition coefficient (Wildman–Crippen LogP) is 26.8. The fourth-order valence-electron chi connectivity index (χ4n) is 13.1. The van der Waals surface area contributed by atoms with Crippen LogP contribution in [0.3, 0.4) is 0 Å². The number of carbonyl (C=O) groups excluding carboxylic acids is 2. The second-order valence-electron chi connectivity index (χ2n) is 28.1. The summed E-state index contributed by atoms with van der Waals surface area (Å²) in [7, 11) is 0. The first-order valence-electron chi connectivity index (χ1n) is 40.6. The van der Waals surface area contributed by atoms with Gasteiger partial charge >= 0.3 is 5.97 Å². The summed E-state index contributed by atoms with van der Waals surface area (Å²) < 4.78 is 5.51. The number of ether oxygens (including phenoxy) is 1. The second-order valence-corrected chi connectivity index (χ2v) is 28.1. The normalized spacial score (nSPS) is 12.5. The standard InChI is InChI=1S/C82H159NO5/c1-3-5-7-9-11-13-15-17-19-21-23-39-42-46-50-54-58-62-66-70-74-80(85)79(78-84)83-81(86)75-71-67-63-59-55-51-47-43-40-37-35-33-31-29-27-25-24-26-28-30-32-34-36-38-41-45-49-53-57-61-65-69-73-77-88-82(87)76-72-68-64-60-56-52-48-44-22-20-18-16-14-12-10-8-6-4-2/h14,16,20,22,79-80,84-85H,3-13,15,17-19,21,23-78H2,1-2H3,(H,83,86)/b16-14-,22-20-. The lowest BCUT2D eigenvalue weighted by Gasteiger charge is -2.22. The fraction of sp³-hybridized carbons (Fsp3) is 0.927. The number of nitrogens with one attached hydrogen (secondary N) is 1. The average Bonchev–Trinajstić information content (AvgIpc) is 3.58. The molecular weight excluding hydrogens is 1080 g/mol. The predicted molar refractivity (Wildman–Crippen MR) is 389 cm³/mol. The summed E-state index contributed by atoms with van der Waals surface area (Å²) in [4.78, 5) is 24.7. The number of aliphatic hydroxyl groups excluding tert-OH is 2. The molecule has 0 aromatic heterocycles. The largest absolute Gasteiger partial charge is 0.466 e. The van der Waals surface area contributed by atoms with E-state index in [4.69, 9.17) is 4.74 Å². The third-order valence-electron chi connectivity index (χ3n) is 19.3. The molecule has 88 heavy (non-hydrogen) atoms. The Labute approximate surface area is 551 Å². The van der Waals surface area contributed by atoms with Crippen molar-refractivity contribution in [3.63, 3.8) is 0 Å². The summed E-state index contributed by atoms with van der Waals surface area (Å²) in [6, 6.07) is -0.538. The first-order valence-corrected chi connectivity index (χ1v) is 40.6. The molecule has 0 saturated carbocycles. The molecule has 522 valence electrons. The minimum atomic E-state index is -0.662. The summed E-state index contributed by atoms with van der Waals surface area (Å²) >= 11 is 0. The molecule has 1 amide bonds. The number of allylic oxidation sites excluding steroid dienone is 4. The van der Waals surface area contributed by atoms with Crippen LogP contribution in [0, 0.1) is 0 Å². The molecular formula is C82H159NO5. The van der Waals surface area contributed by atoms with E-state index in [0.29, 0.717) is 25.9 Å². The van der Waals surface area contributed by atoms with Gasteiger partial charge in [0.25, 0.3) is 0 Å². The molecule has 0 bridgehead atoms. The number of aliphatic hydroxyl groups is 2. The third-order valence-corrected chi connectivity index (χ3v) is 19.3. The molecule has 0 aromatic rings. The second kappa shape index (κ2) is 77.8. The Hall–Kier alpha value is -1.66. The van der Waals surface area contributed by atoms with Crippen LogP contribution in [-0.4, -0.2) is 47.4 Å². The lowest BCUT2D eigenvalue weighted by atomic mass is 10.0. The minimum Gasteiger partial charge on any atom is -0.466 e. The van der Waals surface area contributed by atoms with E-state index >= 15 is 0 Å². The quantitative estimate of drug-likeness (QED) is 0.0320. The molecule has 0 heterocycles. The van der Waals surface area contributed by atoms with E-state index in [1.807, 2.05) is 0 Å². The van der Waals surface area contributed by atoms with Crippen LogP contribution < -0.4 is 5.32 Å². The molecule has 6 heteroatoms. The molecule has 0 saturated heterocycles. The van der Waals surface area contributed by atoms with E-state index in [2.05, 4.69) is 43.5 Å². The summed E-state index contributed by atoms with van der Waals surface area (Å²) in [5.41, 5.74) is 0. The van der Waals surface area contributed by atoms with Crippen LogP contribution in [0.2, 0.25) is 0 Å². The average molecular weight is 1240 g/mol. The van der Waals surface area contributed by atoms with E-state index < -0.39 is 12.1 Å². The molecule has 0 fully saturated rings. The van der Waals surface area contributed by atoms with Crippen LogP contribution in [0.1, 0.15) is 463 Å². The first-order chi connectivity index (χ1) is 43.5. The van der Waals surface area contributed by atoms with Crippen molar-refractivity contribution in [3.05, 3.63) is 24.3 Å². The number of hydrogen-bond donors (Lipinski definition) is 3. The molecule has 0 aliphatic rings. The maximum absolute atomic E-state index is 12.6. The maximum atomic E-state index is 12.6. The van der Waals surface area contributed by atoms with E-state index in [-0.39, 0.29) is 18.5 Å². The zero-order valence-corrected chi connectivity index (χ0v) is 60.0. The van der Waals surface area contributed by atoms with E-state index in [0.717, 1.165) is 51.4 Å². The lowest BCUT2D eigenvalue weighted by molar-refractivity contribution is -0.143. The highest BCUT2D eigenvalue weighted by Gasteiger charge is 2.20. The zero-order valence-electron chi connectivity index (χ0n) is 60.0. The summed E-state index contributed by atoms with van der Waals surface area (Å²) in [5, 5.41) is 23.5. The van der Waals surface area contributed by atoms with Crippen LogP contribution in [0.4, 0.5) is 0 Å². The van der Waals surface area contributed by atoms with Gasteiger partial charge in [-0.2, -0.15) is 0 Å². The van der Waals surface area contributed by atoms with Gasteiger partial charge in [0.2, 0.25) is 5.91 Å². The van der Waals surface area contributed by atoms with Crippen molar-refractivity contribution in [2.75, 3.05) is 13.2 Å². The van der Waals surface area contributed by atoms with Gasteiger partial charge in [0.15, 0.2) is 0 Å². The van der Waals surface area contributed by atoms with Gasteiger partial charge in [-0.25, -0.2) is 0 Å². The molecule has 0 radical (unpaired) electrons. The lowest BCUT2D eigenvalue weighted by Crippen LogP contribution is -2.45. The molecule has 0 aliphatic carbocycles. The van der Waals surface area contributed by atoms with Crippen LogP contribution in [0.25, 0.3) is 0 Å². The molecule has 0 spiro atoms. The Morgan fingerprint density at radius 1 is 0.318 bits per heavy atom. The van der Waals surface area contributed by atoms with Gasteiger partial charge in [0, 0.05) is 12.8 Å². The number of amides is 1. The number of rotatable bonds is 77. The van der Waals surface area contributed by atoms with Crippen molar-refractivity contribution >= 4 is 11.9 Å². The molecule has 0 rings (SSSR count). The molecule has 6 nitrogen and oxygen atoms in total. The highest BCUT2D eigenvalue weighted by Crippen LogP contribution is 2.20. The van der Waals surface area contributed by atoms with Gasteiger partial charge in [-0.3, -0.25) is 9.59 Å². The molecule has 0 aromatic carbocycles. The Morgan fingerprint density at radius 2 is 0.568 bits per heavy atom. The number of esters is 1. The highest BCUT2D eigenvalue weighted by atomic mass is 16.5. The number of unbranched alkanes of at least 4 members (excludes halogenated alkanes) is 62. The smallest absolute Gasteiger partial charge is 0.305 e. The van der Waals surface area contributed by atoms with Crippen molar-refractivity contribution in [2.24, 2.45) is 0 Å². The minimum absolute atomic E-state index is 0.0154. The Morgan fingerprint density at radius 3 is 0.875 bits per heavy atom. The molecule has 3 N–H and O–H groups in total. The van der Waals surface area contributed by atoms with E-state index in [9.17, 15) is 19.8 Å². The van der Waals surface area contributed by atoms with Crippen LogP contribution in [0.15, 0.2) is 24.3 Å². The Kier molecular flexibility index (Phi) is 76.3. The van der Waals surface area contributed by atoms with Crippen LogP contribution >= 0.6 is 0 Å². The molecule has 2 unspecified atom stereocenters. The van der Waals surface area contributed by atoms with Gasteiger partial charge in [0.1, 0.15) is 0 Å². The van der Waals surface area contributed by atoms with E-state index in [1.165, 1.54) is 379 Å². The fourth-order valence-corrected chi connectivity index (χ4v) is 13.1. The Balaban J connectivity index is 3.32. The summed E-state index contributed by atoms with van der Waals surface area (Å²) in [6.07, 6.45) is 99.9. The summed E-state index contributed by atoms with van der Waals surface area (Å²) in [6.45, 7) is 4.99. The van der Waals surface area contributed by atoms with Crippen molar-refractivity contribution in [3.8, 4) is 0 Å². The Bertz CT molecular complexity index is 1380. The van der Waals surface area contributed by atoms with Crippen molar-refractivity contribution in [1.82, 2.24) is 5.32 Å². The monoisotopic (exact) mass is 1240 g/mol. The van der Waals surface area contributed by atoms with Gasteiger partial charge in [-0.15, -0.1) is 0 Å². The number of carbonyl (C=O) groups is 2. The van der Waals surface area contributed by atoms with Crippen LogP contribution in [-0.2, 0) is 14.3 Å². The maximum Gasteiger partial charge on any atom is 0.305 e. The van der Waals surface area contributed by atoms with Crippen molar-refractivity contribution < 1.29 is 24.5 Å². The third kappa shape index (κ3) is 73.4. The first kappa shape index (κ1) is 86.3. The topological polar surface area (TPSA) is 95.9 Å². The highest BCUT2D eigenvalue weighted by molar-refractivity contribution is 5.76. The van der Waals surface area contributed by atoms with Gasteiger partial charge in [-0.1, -0.05) is 417 Å².